The van der Waals surface area contributed by atoms with Crippen molar-refractivity contribution < 1.29 is 19.4 Å². The molecule has 0 bridgehead atoms. The van der Waals surface area contributed by atoms with Crippen molar-refractivity contribution in [1.29, 1.82) is 0 Å². The van der Waals surface area contributed by atoms with E-state index in [1.54, 1.807) is 30.3 Å². The highest BCUT2D eigenvalue weighted by Crippen LogP contribution is 2.26. The van der Waals surface area contributed by atoms with Crippen LogP contribution in [0.1, 0.15) is 21.5 Å². The largest absolute Gasteiger partial charge is 0.488 e. The fourth-order valence-corrected chi connectivity index (χ4v) is 3.15. The number of ether oxygens (including phenoxy) is 1. The highest BCUT2D eigenvalue weighted by Gasteiger charge is 2.18. The van der Waals surface area contributed by atoms with Crippen LogP contribution in [0.5, 0.6) is 5.75 Å². The quantitative estimate of drug-likeness (QED) is 0.273. The number of halogens is 1. The first-order valence-corrected chi connectivity index (χ1v) is 9.87. The standard InChI is InChI=1S/C21H15BrN4O6/c22-18-11-15(12-23-24-21(27)17-3-1-2-4-19(17)26(30)31)7-10-20(18)32-13-14-5-8-16(9-6-14)25(28)29/h1-12H,13H2,(H,24,27)/b23-12-. The molecule has 0 unspecified atom stereocenters. The van der Waals surface area contributed by atoms with Crippen LogP contribution in [-0.2, 0) is 6.61 Å². The Balaban J connectivity index is 1.60. The van der Waals surface area contributed by atoms with Crippen molar-refractivity contribution in [3.05, 3.63) is 108 Å². The van der Waals surface area contributed by atoms with E-state index in [9.17, 15) is 25.0 Å². The van der Waals surface area contributed by atoms with Crippen LogP contribution in [0.15, 0.2) is 76.3 Å². The van der Waals surface area contributed by atoms with Crippen LogP contribution in [0.3, 0.4) is 0 Å². The SMILES string of the molecule is O=C(N/N=C\c1ccc(OCc2ccc([N+](=O)[O-])cc2)c(Br)c1)c1ccccc1[N+](=O)[O-]. The zero-order valence-electron chi connectivity index (χ0n) is 16.3. The lowest BCUT2D eigenvalue weighted by atomic mass is 10.2. The van der Waals surface area contributed by atoms with Gasteiger partial charge in [0.25, 0.3) is 17.3 Å². The van der Waals surface area contributed by atoms with Crippen LogP contribution in [0.2, 0.25) is 0 Å². The molecule has 0 aliphatic heterocycles. The number of hydrogen-bond donors (Lipinski definition) is 1. The number of amides is 1. The molecule has 0 spiro atoms. The number of benzene rings is 3. The monoisotopic (exact) mass is 498 g/mol. The van der Waals surface area contributed by atoms with Gasteiger partial charge in [0, 0.05) is 18.2 Å². The predicted molar refractivity (Wildman–Crippen MR) is 120 cm³/mol. The summed E-state index contributed by atoms with van der Waals surface area (Å²) in [4.78, 5) is 32.8. The molecule has 0 saturated carbocycles. The molecule has 0 aromatic heterocycles. The zero-order valence-corrected chi connectivity index (χ0v) is 17.9. The Bertz CT molecular complexity index is 1200. The molecule has 162 valence electrons. The lowest BCUT2D eigenvalue weighted by Gasteiger charge is -2.09. The van der Waals surface area contributed by atoms with Gasteiger partial charge in [0.05, 0.1) is 20.5 Å². The molecule has 1 N–H and O–H groups in total. The number of non-ortho nitro benzene ring substituents is 1. The van der Waals surface area contributed by atoms with Crippen molar-refractivity contribution in [2.45, 2.75) is 6.61 Å². The summed E-state index contributed by atoms with van der Waals surface area (Å²) in [5.41, 5.74) is 3.29. The van der Waals surface area contributed by atoms with E-state index in [4.69, 9.17) is 4.74 Å². The Labute approximate surface area is 190 Å². The molecular weight excluding hydrogens is 484 g/mol. The smallest absolute Gasteiger partial charge is 0.282 e. The summed E-state index contributed by atoms with van der Waals surface area (Å²) < 4.78 is 6.35. The molecule has 0 heterocycles. The van der Waals surface area contributed by atoms with Crippen LogP contribution >= 0.6 is 15.9 Å². The van der Waals surface area contributed by atoms with Crippen LogP contribution in [0, 0.1) is 20.2 Å². The molecule has 32 heavy (non-hydrogen) atoms. The molecule has 0 radical (unpaired) electrons. The molecule has 0 fully saturated rings. The summed E-state index contributed by atoms with van der Waals surface area (Å²) in [6.07, 6.45) is 1.39. The van der Waals surface area contributed by atoms with Crippen molar-refractivity contribution in [1.82, 2.24) is 5.43 Å². The number of hydrazone groups is 1. The first kappa shape index (κ1) is 22.6. The third-order valence-electron chi connectivity index (χ3n) is 4.22. The highest BCUT2D eigenvalue weighted by molar-refractivity contribution is 9.10. The maximum absolute atomic E-state index is 12.2. The molecule has 0 aliphatic carbocycles. The molecule has 3 aromatic carbocycles. The van der Waals surface area contributed by atoms with Crippen molar-refractivity contribution in [2.24, 2.45) is 5.10 Å². The van der Waals surface area contributed by atoms with Crippen molar-refractivity contribution >= 4 is 39.4 Å². The van der Waals surface area contributed by atoms with Gasteiger partial charge in [-0.1, -0.05) is 12.1 Å². The van der Waals surface area contributed by atoms with Gasteiger partial charge >= 0.3 is 0 Å². The number of nitro benzene ring substituents is 2. The maximum Gasteiger partial charge on any atom is 0.282 e. The summed E-state index contributed by atoms with van der Waals surface area (Å²) in [5, 5.41) is 25.6. The Morgan fingerprint density at radius 3 is 2.41 bits per heavy atom. The van der Waals surface area contributed by atoms with E-state index in [-0.39, 0.29) is 23.5 Å². The first-order valence-electron chi connectivity index (χ1n) is 9.07. The normalized spacial score (nSPS) is 10.7. The molecule has 10 nitrogen and oxygen atoms in total. The number of nitro groups is 2. The van der Waals surface area contributed by atoms with E-state index in [0.717, 1.165) is 5.56 Å². The Hall–Kier alpha value is -4.12. The second-order valence-electron chi connectivity index (χ2n) is 6.38. The minimum atomic E-state index is -0.698. The van der Waals surface area contributed by atoms with Gasteiger partial charge in [-0.2, -0.15) is 5.10 Å². The number of hydrogen-bond acceptors (Lipinski definition) is 7. The minimum absolute atomic E-state index is 0.00697. The average molecular weight is 499 g/mol. The molecule has 11 heteroatoms. The summed E-state index contributed by atoms with van der Waals surface area (Å²) in [6, 6.07) is 16.8. The lowest BCUT2D eigenvalue weighted by Crippen LogP contribution is -2.18. The molecule has 1 amide bonds. The maximum atomic E-state index is 12.2. The van der Waals surface area contributed by atoms with Crippen LogP contribution in [0.4, 0.5) is 11.4 Å². The number of carbonyl (C=O) groups excluding carboxylic acids is 1. The third-order valence-corrected chi connectivity index (χ3v) is 4.84. The average Bonchev–Trinajstić information content (AvgIpc) is 2.78. The highest BCUT2D eigenvalue weighted by atomic mass is 79.9. The van der Waals surface area contributed by atoms with Crippen LogP contribution in [-0.4, -0.2) is 22.0 Å². The molecule has 3 rings (SSSR count). The fraction of sp³-hybridized carbons (Fsp3) is 0.0476. The zero-order chi connectivity index (χ0) is 23.1. The van der Waals surface area contributed by atoms with Gasteiger partial charge in [-0.05, 0) is 63.5 Å². The van der Waals surface area contributed by atoms with Gasteiger partial charge in [-0.3, -0.25) is 25.0 Å². The summed E-state index contributed by atoms with van der Waals surface area (Å²) in [6.45, 7) is 0.218. The van der Waals surface area contributed by atoms with E-state index < -0.39 is 15.8 Å². The van der Waals surface area contributed by atoms with Crippen molar-refractivity contribution in [3.63, 3.8) is 0 Å². The first-order chi connectivity index (χ1) is 15.3. The topological polar surface area (TPSA) is 137 Å². The summed E-state index contributed by atoms with van der Waals surface area (Å²) >= 11 is 3.40. The second kappa shape index (κ2) is 10.3. The molecule has 0 atom stereocenters. The van der Waals surface area contributed by atoms with Crippen LogP contribution < -0.4 is 10.2 Å². The minimum Gasteiger partial charge on any atom is -0.488 e. The Morgan fingerprint density at radius 2 is 1.75 bits per heavy atom. The summed E-state index contributed by atoms with van der Waals surface area (Å²) in [5.74, 6) is -0.153. The summed E-state index contributed by atoms with van der Waals surface area (Å²) in [7, 11) is 0. The molecule has 3 aromatic rings. The van der Waals surface area contributed by atoms with Crippen molar-refractivity contribution in [3.8, 4) is 5.75 Å². The lowest BCUT2D eigenvalue weighted by molar-refractivity contribution is -0.385. The van der Waals surface area contributed by atoms with Crippen molar-refractivity contribution in [2.75, 3.05) is 0 Å². The molecular formula is C21H15BrN4O6. The Morgan fingerprint density at radius 1 is 1.03 bits per heavy atom. The predicted octanol–water partition coefficient (Wildman–Crippen LogP) is 4.61. The number of carbonyl (C=O) groups is 1. The number of para-hydroxylation sites is 1. The number of rotatable bonds is 8. The van der Waals surface area contributed by atoms with E-state index in [1.807, 2.05) is 0 Å². The number of nitrogens with one attached hydrogen (secondary N) is 1. The van der Waals surface area contributed by atoms with E-state index >= 15 is 0 Å². The van der Waals surface area contributed by atoms with Gasteiger partial charge in [0.2, 0.25) is 0 Å². The molecule has 0 saturated heterocycles. The van der Waals surface area contributed by atoms with Gasteiger partial charge < -0.3 is 4.74 Å². The van der Waals surface area contributed by atoms with E-state index in [2.05, 4.69) is 26.5 Å². The number of nitrogens with zero attached hydrogens (tertiary/aromatic N) is 3. The third kappa shape index (κ3) is 5.73. The van der Waals surface area contributed by atoms with Gasteiger partial charge in [-0.25, -0.2) is 5.43 Å². The van der Waals surface area contributed by atoms with E-state index in [0.29, 0.717) is 15.8 Å². The molecule has 0 aliphatic rings. The van der Waals surface area contributed by atoms with Crippen LogP contribution in [0.25, 0.3) is 0 Å². The second-order valence-corrected chi connectivity index (χ2v) is 7.23. The van der Waals surface area contributed by atoms with Gasteiger partial charge in [0.15, 0.2) is 0 Å². The van der Waals surface area contributed by atoms with E-state index in [1.165, 1.54) is 42.6 Å². The fourth-order valence-electron chi connectivity index (χ4n) is 2.64. The van der Waals surface area contributed by atoms with Gasteiger partial charge in [0.1, 0.15) is 17.9 Å². The Kier molecular flexibility index (Phi) is 7.24. The van der Waals surface area contributed by atoms with Gasteiger partial charge in [-0.15, -0.1) is 0 Å².